The first kappa shape index (κ1) is 13.1. The van der Waals surface area contributed by atoms with Crippen molar-refractivity contribution < 1.29 is 4.52 Å². The lowest BCUT2D eigenvalue weighted by Gasteiger charge is -2.20. The first-order chi connectivity index (χ1) is 10.3. The van der Waals surface area contributed by atoms with Gasteiger partial charge in [-0.3, -0.25) is 0 Å². The van der Waals surface area contributed by atoms with Crippen molar-refractivity contribution in [1.29, 1.82) is 0 Å². The van der Waals surface area contributed by atoms with Crippen LogP contribution < -0.4 is 5.32 Å². The fraction of sp³-hybridized carbons (Fsp3) is 0.357. The minimum Gasteiger partial charge on any atom is -0.337 e. The van der Waals surface area contributed by atoms with E-state index < -0.39 is 0 Å². The van der Waals surface area contributed by atoms with Gasteiger partial charge in [0.1, 0.15) is 11.0 Å². The van der Waals surface area contributed by atoms with Crippen molar-refractivity contribution in [3.05, 3.63) is 49.7 Å². The van der Waals surface area contributed by atoms with Gasteiger partial charge in [0.05, 0.1) is 6.42 Å². The maximum atomic E-state index is 5.47. The summed E-state index contributed by atoms with van der Waals surface area (Å²) in [5.41, 5.74) is 2.31. The molecule has 0 aromatic carbocycles. The van der Waals surface area contributed by atoms with E-state index in [9.17, 15) is 0 Å². The molecule has 0 aliphatic carbocycles. The maximum Gasteiger partial charge on any atom is 0.248 e. The van der Waals surface area contributed by atoms with E-state index >= 15 is 0 Å². The SMILES string of the molecule is Cc1csc(Cc2noc(C3NCCc4sccc43)n2)n1. The van der Waals surface area contributed by atoms with Crippen LogP contribution in [-0.2, 0) is 12.8 Å². The van der Waals surface area contributed by atoms with Gasteiger partial charge in [-0.2, -0.15) is 4.98 Å². The van der Waals surface area contributed by atoms with Crippen molar-refractivity contribution in [2.45, 2.75) is 25.8 Å². The largest absolute Gasteiger partial charge is 0.337 e. The Balaban J connectivity index is 1.58. The minimum atomic E-state index is 0.0271. The molecule has 21 heavy (non-hydrogen) atoms. The van der Waals surface area contributed by atoms with Crippen LogP contribution in [0.15, 0.2) is 21.3 Å². The number of thiazole rings is 1. The third kappa shape index (κ3) is 2.52. The van der Waals surface area contributed by atoms with E-state index in [1.54, 1.807) is 22.7 Å². The molecule has 1 N–H and O–H groups in total. The summed E-state index contributed by atoms with van der Waals surface area (Å²) >= 11 is 3.43. The van der Waals surface area contributed by atoms with Gasteiger partial charge in [0.2, 0.25) is 5.89 Å². The van der Waals surface area contributed by atoms with Crippen molar-refractivity contribution >= 4 is 22.7 Å². The Morgan fingerprint density at radius 1 is 1.38 bits per heavy atom. The van der Waals surface area contributed by atoms with Gasteiger partial charge < -0.3 is 9.84 Å². The summed E-state index contributed by atoms with van der Waals surface area (Å²) < 4.78 is 5.47. The Labute approximate surface area is 130 Å². The Kier molecular flexibility index (Phi) is 3.33. The smallest absolute Gasteiger partial charge is 0.248 e. The van der Waals surface area contributed by atoms with Gasteiger partial charge in [-0.15, -0.1) is 22.7 Å². The van der Waals surface area contributed by atoms with E-state index in [2.05, 4.69) is 31.9 Å². The van der Waals surface area contributed by atoms with Crippen molar-refractivity contribution in [2.24, 2.45) is 0 Å². The van der Waals surface area contributed by atoms with Crippen LogP contribution in [0.5, 0.6) is 0 Å². The molecule has 0 saturated carbocycles. The minimum absolute atomic E-state index is 0.0271. The van der Waals surface area contributed by atoms with Crippen LogP contribution in [0.1, 0.15) is 38.9 Å². The summed E-state index contributed by atoms with van der Waals surface area (Å²) in [4.78, 5) is 10.4. The van der Waals surface area contributed by atoms with Crippen LogP contribution in [0.2, 0.25) is 0 Å². The molecular formula is C14H14N4OS2. The third-order valence-corrected chi connectivity index (χ3v) is 5.46. The molecule has 0 radical (unpaired) electrons. The fourth-order valence-corrected chi connectivity index (χ4v) is 4.24. The lowest BCUT2D eigenvalue weighted by molar-refractivity contribution is 0.341. The summed E-state index contributed by atoms with van der Waals surface area (Å²) in [5, 5.41) is 12.7. The number of hydrogen-bond donors (Lipinski definition) is 1. The van der Waals surface area contributed by atoms with Gasteiger partial charge in [0.15, 0.2) is 5.82 Å². The van der Waals surface area contributed by atoms with Crippen molar-refractivity contribution in [3.8, 4) is 0 Å². The quantitative estimate of drug-likeness (QED) is 0.804. The van der Waals surface area contributed by atoms with E-state index in [0.717, 1.165) is 23.7 Å². The zero-order valence-corrected chi connectivity index (χ0v) is 13.1. The molecule has 0 fully saturated rings. The van der Waals surface area contributed by atoms with Gasteiger partial charge in [-0.1, -0.05) is 5.16 Å². The molecule has 1 atom stereocenters. The predicted octanol–water partition coefficient (Wildman–Crippen LogP) is 2.72. The number of fused-ring (bicyclic) bond motifs is 1. The number of rotatable bonds is 3. The average molecular weight is 318 g/mol. The number of nitrogens with zero attached hydrogens (tertiary/aromatic N) is 3. The zero-order valence-electron chi connectivity index (χ0n) is 11.5. The Bertz CT molecular complexity index is 760. The number of nitrogens with one attached hydrogen (secondary N) is 1. The first-order valence-corrected chi connectivity index (χ1v) is 8.58. The number of aryl methyl sites for hydroxylation is 1. The molecule has 0 amide bonds. The second-order valence-corrected chi connectivity index (χ2v) is 6.99. The molecule has 0 spiro atoms. The van der Waals surface area contributed by atoms with Crippen molar-refractivity contribution in [2.75, 3.05) is 6.54 Å². The van der Waals surface area contributed by atoms with E-state index in [0.29, 0.717) is 18.1 Å². The van der Waals surface area contributed by atoms with E-state index in [4.69, 9.17) is 4.52 Å². The fourth-order valence-electron chi connectivity index (χ4n) is 2.55. The first-order valence-electron chi connectivity index (χ1n) is 6.83. The van der Waals surface area contributed by atoms with Gasteiger partial charge >= 0.3 is 0 Å². The zero-order chi connectivity index (χ0) is 14.2. The van der Waals surface area contributed by atoms with Crippen molar-refractivity contribution in [1.82, 2.24) is 20.4 Å². The van der Waals surface area contributed by atoms with Gasteiger partial charge in [0.25, 0.3) is 0 Å². The topological polar surface area (TPSA) is 63.8 Å². The van der Waals surface area contributed by atoms with Crippen LogP contribution in [0.25, 0.3) is 0 Å². The van der Waals surface area contributed by atoms with E-state index in [1.165, 1.54) is 10.4 Å². The molecule has 0 bridgehead atoms. The van der Waals surface area contributed by atoms with Crippen LogP contribution in [0.3, 0.4) is 0 Å². The van der Waals surface area contributed by atoms with Crippen LogP contribution >= 0.6 is 22.7 Å². The summed E-state index contributed by atoms with van der Waals surface area (Å²) in [6.07, 6.45) is 1.70. The van der Waals surface area contributed by atoms with E-state index in [1.807, 2.05) is 12.3 Å². The van der Waals surface area contributed by atoms with Gasteiger partial charge in [-0.05, 0) is 30.4 Å². The van der Waals surface area contributed by atoms with Crippen LogP contribution in [0.4, 0.5) is 0 Å². The highest BCUT2D eigenvalue weighted by Gasteiger charge is 2.27. The predicted molar refractivity (Wildman–Crippen MR) is 81.8 cm³/mol. The Morgan fingerprint density at radius 2 is 2.33 bits per heavy atom. The van der Waals surface area contributed by atoms with E-state index in [-0.39, 0.29) is 6.04 Å². The Morgan fingerprint density at radius 3 is 3.19 bits per heavy atom. The molecule has 5 nitrogen and oxygen atoms in total. The molecule has 4 rings (SSSR count). The molecule has 4 heterocycles. The highest BCUT2D eigenvalue weighted by atomic mass is 32.1. The maximum absolute atomic E-state index is 5.47. The summed E-state index contributed by atoms with van der Waals surface area (Å²) in [6, 6.07) is 2.17. The monoisotopic (exact) mass is 318 g/mol. The highest BCUT2D eigenvalue weighted by Crippen LogP contribution is 2.31. The molecule has 7 heteroatoms. The van der Waals surface area contributed by atoms with Gasteiger partial charge in [-0.25, -0.2) is 4.98 Å². The number of aromatic nitrogens is 3. The molecule has 1 unspecified atom stereocenters. The van der Waals surface area contributed by atoms with Gasteiger partial charge in [0, 0.05) is 22.5 Å². The molecule has 3 aromatic heterocycles. The summed E-state index contributed by atoms with van der Waals surface area (Å²) in [7, 11) is 0. The van der Waals surface area contributed by atoms with Crippen molar-refractivity contribution in [3.63, 3.8) is 0 Å². The molecule has 1 aliphatic heterocycles. The van der Waals surface area contributed by atoms with Crippen LogP contribution in [0, 0.1) is 6.92 Å². The summed E-state index contributed by atoms with van der Waals surface area (Å²) in [5.74, 6) is 1.35. The molecular weight excluding hydrogens is 304 g/mol. The highest BCUT2D eigenvalue weighted by molar-refractivity contribution is 7.10. The molecule has 1 aliphatic rings. The molecule has 0 saturated heterocycles. The second-order valence-electron chi connectivity index (χ2n) is 5.04. The third-order valence-electron chi connectivity index (χ3n) is 3.50. The van der Waals surface area contributed by atoms with Crippen LogP contribution in [-0.4, -0.2) is 21.7 Å². The summed E-state index contributed by atoms with van der Waals surface area (Å²) in [6.45, 7) is 2.94. The molecule has 3 aromatic rings. The average Bonchev–Trinajstić information content (AvgIpc) is 3.19. The Hall–Kier alpha value is -1.57. The normalized spacial score (nSPS) is 17.9. The lowest BCUT2D eigenvalue weighted by atomic mass is 10.0. The number of thiophene rings is 1. The molecule has 108 valence electrons. The standard InChI is InChI=1S/C14H14N4OS2/c1-8-7-21-12(16-8)6-11-17-14(19-18-11)13-9-3-5-20-10(9)2-4-15-13/h3,5,7,13,15H,2,4,6H2,1H3. The lowest BCUT2D eigenvalue weighted by Crippen LogP contribution is -2.29. The number of hydrogen-bond acceptors (Lipinski definition) is 7. The second kappa shape index (κ2) is 5.32.